The number of benzene rings is 1. The van der Waals surface area contributed by atoms with Crippen molar-refractivity contribution in [3.05, 3.63) is 54.6 Å². The van der Waals surface area contributed by atoms with E-state index < -0.39 is 12.1 Å². The van der Waals surface area contributed by atoms with E-state index in [0.717, 1.165) is 12.8 Å². The zero-order valence-corrected chi connectivity index (χ0v) is 16.4. The number of fused-ring (bicyclic) bond motifs is 1. The van der Waals surface area contributed by atoms with E-state index in [1.54, 1.807) is 24.0 Å². The number of carbonyl (C=O) groups excluding carboxylic acids is 2. The van der Waals surface area contributed by atoms with Crippen LogP contribution in [-0.4, -0.2) is 41.9 Å². The van der Waals surface area contributed by atoms with Gasteiger partial charge < -0.3 is 15.0 Å². The molecule has 0 aromatic heterocycles. The first-order chi connectivity index (χ1) is 13.0. The normalized spacial score (nSPS) is 14.6. The molecule has 1 aromatic rings. The molecule has 2 amide bonds. The molecule has 2 rings (SSSR count). The number of nitrogens with one attached hydrogen (secondary N) is 1. The third-order valence-corrected chi connectivity index (χ3v) is 4.75. The number of aryl methyl sites for hydroxylation is 2. The third-order valence-electron chi connectivity index (χ3n) is 4.75. The largest absolute Gasteiger partial charge is 0.481 e. The number of rotatable bonds is 10. The van der Waals surface area contributed by atoms with E-state index in [9.17, 15) is 9.59 Å². The minimum Gasteiger partial charge on any atom is -0.481 e. The molecule has 2 atom stereocenters. The summed E-state index contributed by atoms with van der Waals surface area (Å²) in [5, 5.41) is 2.78. The van der Waals surface area contributed by atoms with E-state index >= 15 is 0 Å². The van der Waals surface area contributed by atoms with Crippen molar-refractivity contribution < 1.29 is 14.3 Å². The Kier molecular flexibility index (Phi) is 7.65. The molecule has 0 spiro atoms. The molecule has 146 valence electrons. The molecule has 1 aliphatic rings. The minimum absolute atomic E-state index is 0.171. The highest BCUT2D eigenvalue weighted by Gasteiger charge is 2.25. The molecular formula is C22H30N2O3. The predicted octanol–water partition coefficient (Wildman–Crippen LogP) is 3.04. The lowest BCUT2D eigenvalue weighted by molar-refractivity contribution is -0.137. The van der Waals surface area contributed by atoms with Crippen LogP contribution >= 0.6 is 0 Å². The van der Waals surface area contributed by atoms with Crippen molar-refractivity contribution in [2.75, 3.05) is 13.1 Å². The quantitative estimate of drug-likeness (QED) is 0.644. The lowest BCUT2D eigenvalue weighted by Gasteiger charge is -2.25. The van der Waals surface area contributed by atoms with Crippen molar-refractivity contribution in [2.45, 2.75) is 51.7 Å². The fourth-order valence-electron chi connectivity index (χ4n) is 3.32. The monoisotopic (exact) mass is 370 g/mol. The van der Waals surface area contributed by atoms with E-state index in [1.165, 1.54) is 17.5 Å². The van der Waals surface area contributed by atoms with E-state index in [-0.39, 0.29) is 11.8 Å². The molecule has 5 heteroatoms. The topological polar surface area (TPSA) is 58.6 Å². The van der Waals surface area contributed by atoms with Crippen molar-refractivity contribution in [1.82, 2.24) is 10.2 Å². The average Bonchev–Trinajstić information content (AvgIpc) is 3.12. The van der Waals surface area contributed by atoms with Crippen LogP contribution < -0.4 is 10.1 Å². The lowest BCUT2D eigenvalue weighted by Crippen LogP contribution is -2.50. The van der Waals surface area contributed by atoms with Gasteiger partial charge in [-0.05, 0) is 55.9 Å². The van der Waals surface area contributed by atoms with Crippen molar-refractivity contribution in [3.63, 3.8) is 0 Å². The second-order valence-electron chi connectivity index (χ2n) is 6.85. The summed E-state index contributed by atoms with van der Waals surface area (Å²) >= 11 is 0. The Morgan fingerprint density at radius 1 is 1.22 bits per heavy atom. The van der Waals surface area contributed by atoms with Crippen LogP contribution in [0.2, 0.25) is 0 Å². The molecule has 1 N–H and O–H groups in total. The Morgan fingerprint density at radius 3 is 2.52 bits per heavy atom. The van der Waals surface area contributed by atoms with Crippen LogP contribution in [0.15, 0.2) is 43.5 Å². The summed E-state index contributed by atoms with van der Waals surface area (Å²) in [6.07, 6.45) is 6.53. The van der Waals surface area contributed by atoms with Crippen molar-refractivity contribution in [2.24, 2.45) is 0 Å². The van der Waals surface area contributed by atoms with Crippen LogP contribution in [0.25, 0.3) is 0 Å². The second-order valence-corrected chi connectivity index (χ2v) is 6.85. The number of amides is 2. The van der Waals surface area contributed by atoms with Gasteiger partial charge in [0.1, 0.15) is 11.8 Å². The fraction of sp³-hybridized carbons (Fsp3) is 0.455. The van der Waals surface area contributed by atoms with Gasteiger partial charge in [-0.1, -0.05) is 25.1 Å². The maximum Gasteiger partial charge on any atom is 0.261 e. The Hall–Kier alpha value is -2.56. The number of hydrogen-bond acceptors (Lipinski definition) is 3. The molecule has 2 unspecified atom stereocenters. The van der Waals surface area contributed by atoms with Gasteiger partial charge in [0.25, 0.3) is 5.91 Å². The molecule has 0 saturated carbocycles. The van der Waals surface area contributed by atoms with Crippen LogP contribution in [0.1, 0.15) is 37.8 Å². The molecule has 27 heavy (non-hydrogen) atoms. The van der Waals surface area contributed by atoms with Crippen LogP contribution in [0.3, 0.4) is 0 Å². The van der Waals surface area contributed by atoms with Crippen LogP contribution in [0, 0.1) is 0 Å². The van der Waals surface area contributed by atoms with Gasteiger partial charge in [0.2, 0.25) is 5.91 Å². The summed E-state index contributed by atoms with van der Waals surface area (Å²) in [6, 6.07) is 5.39. The highest BCUT2D eigenvalue weighted by atomic mass is 16.5. The van der Waals surface area contributed by atoms with Crippen LogP contribution in [0.4, 0.5) is 0 Å². The molecule has 1 aliphatic carbocycles. The third kappa shape index (κ3) is 5.46. The lowest BCUT2D eigenvalue weighted by atomic mass is 10.1. The number of hydrogen-bond donors (Lipinski definition) is 1. The fourth-order valence-corrected chi connectivity index (χ4v) is 3.32. The van der Waals surface area contributed by atoms with Gasteiger partial charge >= 0.3 is 0 Å². The van der Waals surface area contributed by atoms with Gasteiger partial charge in [-0.25, -0.2) is 0 Å². The standard InChI is InChI=1S/C22H30N2O3/c1-5-13-24(14-6-2)22(26)16(4)23-21(25)20(7-3)27-19-12-11-17-9-8-10-18(17)15-19/h5-6,11-12,15-16,20H,1-2,7-10,13-14H2,3-4H3,(H,23,25). The Labute approximate surface area is 162 Å². The Morgan fingerprint density at radius 2 is 1.89 bits per heavy atom. The first kappa shape index (κ1) is 20.7. The highest BCUT2D eigenvalue weighted by molar-refractivity contribution is 5.89. The molecule has 0 saturated heterocycles. The van der Waals surface area contributed by atoms with Crippen LogP contribution in [-0.2, 0) is 22.4 Å². The molecular weight excluding hydrogens is 340 g/mol. The number of ether oxygens (including phenoxy) is 1. The van der Waals surface area contributed by atoms with Gasteiger partial charge in [-0.2, -0.15) is 0 Å². The molecule has 5 nitrogen and oxygen atoms in total. The molecule has 0 aliphatic heterocycles. The maximum absolute atomic E-state index is 12.6. The van der Waals surface area contributed by atoms with Gasteiger partial charge in [-0.15, -0.1) is 13.2 Å². The Bertz CT molecular complexity index is 689. The summed E-state index contributed by atoms with van der Waals surface area (Å²) in [6.45, 7) is 11.7. The second kappa shape index (κ2) is 9.95. The van der Waals surface area contributed by atoms with E-state index in [1.807, 2.05) is 19.1 Å². The van der Waals surface area contributed by atoms with E-state index in [0.29, 0.717) is 25.3 Å². The van der Waals surface area contributed by atoms with Crippen molar-refractivity contribution in [1.29, 1.82) is 0 Å². The maximum atomic E-state index is 12.6. The molecule has 0 bridgehead atoms. The van der Waals surface area contributed by atoms with Crippen molar-refractivity contribution in [3.8, 4) is 5.75 Å². The Balaban J connectivity index is 1.98. The zero-order chi connectivity index (χ0) is 19.8. The van der Waals surface area contributed by atoms with Gasteiger partial charge in [-0.3, -0.25) is 9.59 Å². The summed E-state index contributed by atoms with van der Waals surface area (Å²) in [7, 11) is 0. The van der Waals surface area contributed by atoms with Gasteiger partial charge in [0.05, 0.1) is 0 Å². The summed E-state index contributed by atoms with van der Waals surface area (Å²) in [5.41, 5.74) is 2.67. The summed E-state index contributed by atoms with van der Waals surface area (Å²) in [4.78, 5) is 26.7. The summed E-state index contributed by atoms with van der Waals surface area (Å²) < 4.78 is 5.92. The molecule has 1 aromatic carbocycles. The first-order valence-electron chi connectivity index (χ1n) is 9.59. The van der Waals surface area contributed by atoms with E-state index in [4.69, 9.17) is 4.74 Å². The molecule has 0 heterocycles. The molecule has 0 fully saturated rings. The van der Waals surface area contributed by atoms with E-state index in [2.05, 4.69) is 24.5 Å². The number of carbonyl (C=O) groups is 2. The minimum atomic E-state index is -0.643. The smallest absolute Gasteiger partial charge is 0.261 e. The van der Waals surface area contributed by atoms with Gasteiger partial charge in [0.15, 0.2) is 6.10 Å². The highest BCUT2D eigenvalue weighted by Crippen LogP contribution is 2.26. The molecule has 0 radical (unpaired) electrons. The van der Waals surface area contributed by atoms with Crippen LogP contribution in [0.5, 0.6) is 5.75 Å². The average molecular weight is 370 g/mol. The predicted molar refractivity (Wildman–Crippen MR) is 108 cm³/mol. The summed E-state index contributed by atoms with van der Waals surface area (Å²) in [5.74, 6) is 0.253. The SMILES string of the molecule is C=CCN(CC=C)C(=O)C(C)NC(=O)C(CC)Oc1ccc2c(c1)CCC2. The zero-order valence-electron chi connectivity index (χ0n) is 16.4. The first-order valence-corrected chi connectivity index (χ1v) is 9.59. The van der Waals surface area contributed by atoms with Gasteiger partial charge in [0, 0.05) is 13.1 Å². The number of nitrogens with zero attached hydrogens (tertiary/aromatic N) is 1. The van der Waals surface area contributed by atoms with Crippen molar-refractivity contribution >= 4 is 11.8 Å².